The lowest BCUT2D eigenvalue weighted by molar-refractivity contribution is -0.124. The monoisotopic (exact) mass is 353 g/mol. The van der Waals surface area contributed by atoms with Crippen LogP contribution < -0.4 is 10.1 Å². The Kier molecular flexibility index (Phi) is 6.03. The maximum absolute atomic E-state index is 13.3. The molecule has 2 aromatic rings. The summed E-state index contributed by atoms with van der Waals surface area (Å²) in [6, 6.07) is 5.90. The largest absolute Gasteiger partial charge is 0.483 e. The summed E-state index contributed by atoms with van der Waals surface area (Å²) in [4.78, 5) is 12.0. The molecule has 25 heavy (non-hydrogen) atoms. The number of para-hydroxylation sites is 1. The fraction of sp³-hybridized carbons (Fsp3) is 0.278. The van der Waals surface area contributed by atoms with Gasteiger partial charge in [-0.1, -0.05) is 18.2 Å². The van der Waals surface area contributed by atoms with Gasteiger partial charge in [-0.25, -0.2) is 13.2 Å². The lowest BCUT2D eigenvalue weighted by atomic mass is 10.1. The van der Waals surface area contributed by atoms with Crippen molar-refractivity contribution in [2.24, 2.45) is 0 Å². The summed E-state index contributed by atoms with van der Waals surface area (Å²) in [6.07, 6.45) is 0. The average molecular weight is 353 g/mol. The normalized spacial score (nSPS) is 11.9. The van der Waals surface area contributed by atoms with Gasteiger partial charge < -0.3 is 15.2 Å². The van der Waals surface area contributed by atoms with Crippen molar-refractivity contribution in [3.8, 4) is 5.75 Å². The van der Waals surface area contributed by atoms with E-state index in [9.17, 15) is 23.1 Å². The van der Waals surface area contributed by atoms with Gasteiger partial charge in [0, 0.05) is 0 Å². The Labute approximate surface area is 143 Å². The Bertz CT molecular complexity index is 737. The zero-order chi connectivity index (χ0) is 18.6. The molecule has 134 valence electrons. The first-order chi connectivity index (χ1) is 11.8. The number of aliphatic hydroxyl groups excluding tert-OH is 1. The molecule has 0 aliphatic heterocycles. The fourth-order valence-corrected chi connectivity index (χ4v) is 2.41. The number of aliphatic hydroxyl groups is 1. The van der Waals surface area contributed by atoms with Gasteiger partial charge in [0.15, 0.2) is 24.1 Å². The highest BCUT2D eigenvalue weighted by atomic mass is 19.2. The number of rotatable bonds is 6. The van der Waals surface area contributed by atoms with Gasteiger partial charge in [0.1, 0.15) is 5.75 Å². The van der Waals surface area contributed by atoms with Crippen molar-refractivity contribution in [3.63, 3.8) is 0 Å². The molecule has 7 heteroatoms. The molecule has 0 aliphatic rings. The predicted octanol–water partition coefficient (Wildman–Crippen LogP) is 2.95. The van der Waals surface area contributed by atoms with Crippen LogP contribution in [0, 0.1) is 31.3 Å². The average Bonchev–Trinajstić information content (AvgIpc) is 2.56. The molecule has 0 aromatic heterocycles. The molecule has 0 spiro atoms. The number of amides is 1. The maximum Gasteiger partial charge on any atom is 0.258 e. The molecular formula is C18H18F3NO3. The predicted molar refractivity (Wildman–Crippen MR) is 85.7 cm³/mol. The molecule has 2 N–H and O–H groups in total. The third-order valence-electron chi connectivity index (χ3n) is 3.68. The molecule has 1 amide bonds. The first-order valence-electron chi connectivity index (χ1n) is 7.57. The fourth-order valence-electron chi connectivity index (χ4n) is 2.41. The Morgan fingerprint density at radius 2 is 1.72 bits per heavy atom. The highest BCUT2D eigenvalue weighted by molar-refractivity contribution is 5.78. The minimum Gasteiger partial charge on any atom is -0.483 e. The van der Waals surface area contributed by atoms with Crippen LogP contribution in [-0.4, -0.2) is 24.2 Å². The molecule has 4 nitrogen and oxygen atoms in total. The Balaban J connectivity index is 2.05. The molecule has 0 radical (unpaired) electrons. The summed E-state index contributed by atoms with van der Waals surface area (Å²) in [5.74, 6) is -4.42. The second kappa shape index (κ2) is 8.02. The van der Waals surface area contributed by atoms with Crippen molar-refractivity contribution in [1.82, 2.24) is 5.32 Å². The van der Waals surface area contributed by atoms with Gasteiger partial charge in [0.2, 0.25) is 0 Å². The number of carbonyl (C=O) groups is 1. The van der Waals surface area contributed by atoms with Crippen LogP contribution in [0.2, 0.25) is 0 Å². The number of hydrogen-bond acceptors (Lipinski definition) is 3. The van der Waals surface area contributed by atoms with E-state index in [1.54, 1.807) is 0 Å². The van der Waals surface area contributed by atoms with E-state index in [2.05, 4.69) is 5.32 Å². The van der Waals surface area contributed by atoms with Crippen LogP contribution in [-0.2, 0) is 4.79 Å². The molecule has 0 unspecified atom stereocenters. The van der Waals surface area contributed by atoms with E-state index in [1.165, 1.54) is 0 Å². The van der Waals surface area contributed by atoms with Crippen LogP contribution in [0.25, 0.3) is 0 Å². The van der Waals surface area contributed by atoms with Crippen molar-refractivity contribution >= 4 is 5.91 Å². The van der Waals surface area contributed by atoms with E-state index in [4.69, 9.17) is 4.74 Å². The first-order valence-corrected chi connectivity index (χ1v) is 7.57. The minimum atomic E-state index is -1.61. The van der Waals surface area contributed by atoms with E-state index < -0.39 is 36.0 Å². The van der Waals surface area contributed by atoms with Gasteiger partial charge in [-0.15, -0.1) is 0 Å². The topological polar surface area (TPSA) is 58.6 Å². The number of nitrogens with one attached hydrogen (secondary N) is 1. The SMILES string of the molecule is Cc1cccc(C)c1OCC(=O)N[C@H](CO)c1cc(F)c(F)c(F)c1. The summed E-state index contributed by atoms with van der Waals surface area (Å²) >= 11 is 0. The standard InChI is InChI=1S/C18H18F3NO3/c1-10-4-3-5-11(2)18(10)25-9-16(24)22-15(8-23)12-6-13(19)17(21)14(20)7-12/h3-7,15,23H,8-9H2,1-2H3,(H,22,24)/t15-/m1/s1. The van der Waals surface area contributed by atoms with E-state index in [0.717, 1.165) is 23.3 Å². The van der Waals surface area contributed by atoms with Gasteiger partial charge in [-0.2, -0.15) is 0 Å². The van der Waals surface area contributed by atoms with Crippen LogP contribution in [0.5, 0.6) is 5.75 Å². The van der Waals surface area contributed by atoms with Gasteiger partial charge >= 0.3 is 0 Å². The van der Waals surface area contributed by atoms with E-state index in [0.29, 0.717) is 5.75 Å². The van der Waals surface area contributed by atoms with Crippen LogP contribution >= 0.6 is 0 Å². The summed E-state index contributed by atoms with van der Waals surface area (Å²) in [6.45, 7) is 2.72. The van der Waals surface area contributed by atoms with Crippen LogP contribution in [0.1, 0.15) is 22.7 Å². The van der Waals surface area contributed by atoms with E-state index in [-0.39, 0.29) is 12.2 Å². The maximum atomic E-state index is 13.3. The highest BCUT2D eigenvalue weighted by Gasteiger charge is 2.19. The second-order valence-corrected chi connectivity index (χ2v) is 5.61. The Morgan fingerprint density at radius 3 is 2.24 bits per heavy atom. The molecule has 0 saturated carbocycles. The van der Waals surface area contributed by atoms with Gasteiger partial charge in [0.25, 0.3) is 5.91 Å². The highest BCUT2D eigenvalue weighted by Crippen LogP contribution is 2.22. The van der Waals surface area contributed by atoms with E-state index in [1.807, 2.05) is 32.0 Å². The summed E-state index contributed by atoms with van der Waals surface area (Å²) < 4.78 is 45.1. The van der Waals surface area contributed by atoms with Crippen molar-refractivity contribution < 1.29 is 27.8 Å². The van der Waals surface area contributed by atoms with Gasteiger partial charge in [-0.3, -0.25) is 4.79 Å². The number of ether oxygens (including phenoxy) is 1. The van der Waals surface area contributed by atoms with Crippen molar-refractivity contribution in [3.05, 3.63) is 64.5 Å². The van der Waals surface area contributed by atoms with Gasteiger partial charge in [0.05, 0.1) is 12.6 Å². The summed E-state index contributed by atoms with van der Waals surface area (Å²) in [5, 5.41) is 11.8. The number of aryl methyl sites for hydroxylation is 2. The lowest BCUT2D eigenvalue weighted by Crippen LogP contribution is -2.34. The van der Waals surface area contributed by atoms with E-state index >= 15 is 0 Å². The van der Waals surface area contributed by atoms with Crippen molar-refractivity contribution in [2.45, 2.75) is 19.9 Å². The molecule has 1 atom stereocenters. The zero-order valence-electron chi connectivity index (χ0n) is 13.8. The number of hydrogen-bond donors (Lipinski definition) is 2. The smallest absolute Gasteiger partial charge is 0.258 e. The van der Waals surface area contributed by atoms with Gasteiger partial charge in [-0.05, 0) is 42.7 Å². The molecule has 0 saturated heterocycles. The molecular weight excluding hydrogens is 335 g/mol. The number of benzene rings is 2. The molecule has 2 rings (SSSR count). The summed E-state index contributed by atoms with van der Waals surface area (Å²) in [7, 11) is 0. The third kappa shape index (κ3) is 4.51. The molecule has 0 bridgehead atoms. The Hall–Kier alpha value is -2.54. The molecule has 0 aliphatic carbocycles. The zero-order valence-corrected chi connectivity index (χ0v) is 13.8. The van der Waals surface area contributed by atoms with Crippen LogP contribution in [0.3, 0.4) is 0 Å². The Morgan fingerprint density at radius 1 is 1.16 bits per heavy atom. The minimum absolute atomic E-state index is 0.0840. The van der Waals surface area contributed by atoms with Crippen LogP contribution in [0.4, 0.5) is 13.2 Å². The molecule has 0 fully saturated rings. The second-order valence-electron chi connectivity index (χ2n) is 5.61. The van der Waals surface area contributed by atoms with Crippen molar-refractivity contribution in [2.75, 3.05) is 13.2 Å². The summed E-state index contributed by atoms with van der Waals surface area (Å²) in [5.41, 5.74) is 1.63. The molecule has 2 aromatic carbocycles. The first kappa shape index (κ1) is 18.8. The quantitative estimate of drug-likeness (QED) is 0.785. The third-order valence-corrected chi connectivity index (χ3v) is 3.68. The number of halogens is 3. The van der Waals surface area contributed by atoms with Crippen molar-refractivity contribution in [1.29, 1.82) is 0 Å². The number of carbonyl (C=O) groups excluding carboxylic acids is 1. The molecule has 0 heterocycles. The lowest BCUT2D eigenvalue weighted by Gasteiger charge is -2.18. The van der Waals surface area contributed by atoms with Crippen LogP contribution in [0.15, 0.2) is 30.3 Å².